The van der Waals surface area contributed by atoms with Crippen molar-refractivity contribution in [3.63, 3.8) is 0 Å². The van der Waals surface area contributed by atoms with Crippen molar-refractivity contribution in [2.75, 3.05) is 39.6 Å². The largest absolute Gasteiger partial charge is 0.490 e. The van der Waals surface area contributed by atoms with Crippen molar-refractivity contribution in [3.05, 3.63) is 146 Å². The minimum atomic E-state index is -0.764. The highest BCUT2D eigenvalue weighted by Gasteiger charge is 2.37. The summed E-state index contributed by atoms with van der Waals surface area (Å²) < 4.78 is 36.7. The number of aliphatic imine (C=N–C) groups is 6. The molecule has 286 valence electrons. The fraction of sp³-hybridized carbons (Fsp3) is 0.152. The van der Waals surface area contributed by atoms with Crippen LogP contribution in [0.5, 0.6) is 34.5 Å². The van der Waals surface area contributed by atoms with E-state index in [0.29, 0.717) is 81.8 Å². The van der Waals surface area contributed by atoms with Gasteiger partial charge in [-0.15, -0.1) is 0 Å². The highest BCUT2D eigenvalue weighted by atomic mass is 16.5. The Kier molecular flexibility index (Phi) is 11.7. The SMILES string of the molecule is C1=Nc2ccccc2OCC2(COc3ccccc3N=1)COc1ccccc1N=C=Nc1ccccc1OC2.C1=Nc2ccccc2OCCOc2ccccc2N=1. The molecule has 0 unspecified atom stereocenters. The first-order chi connectivity index (χ1) is 28.7. The number of benzene rings is 6. The summed E-state index contributed by atoms with van der Waals surface area (Å²) in [6.07, 6.45) is 0. The van der Waals surface area contributed by atoms with Crippen molar-refractivity contribution in [3.8, 4) is 34.5 Å². The molecular weight excluding hydrogens is 733 g/mol. The monoisotopic (exact) mass is 768 g/mol. The zero-order valence-corrected chi connectivity index (χ0v) is 31.2. The lowest BCUT2D eigenvalue weighted by Gasteiger charge is -2.33. The van der Waals surface area contributed by atoms with Crippen LogP contribution in [0.2, 0.25) is 0 Å². The van der Waals surface area contributed by atoms with Crippen molar-refractivity contribution < 1.29 is 28.4 Å². The molecule has 12 heteroatoms. The first-order valence-electron chi connectivity index (χ1n) is 18.5. The molecule has 3 aliphatic heterocycles. The van der Waals surface area contributed by atoms with Crippen LogP contribution < -0.4 is 28.4 Å². The lowest BCUT2D eigenvalue weighted by Crippen LogP contribution is -2.45. The molecule has 0 N–H and O–H groups in total. The number of nitrogens with zero attached hydrogens (tertiary/aromatic N) is 6. The predicted molar refractivity (Wildman–Crippen MR) is 222 cm³/mol. The molecule has 3 heterocycles. The highest BCUT2D eigenvalue weighted by Crippen LogP contribution is 2.37. The summed E-state index contributed by atoms with van der Waals surface area (Å²) in [5.74, 6) is 3.78. The maximum absolute atomic E-state index is 6.37. The van der Waals surface area contributed by atoms with Crippen LogP contribution in [0.1, 0.15) is 0 Å². The van der Waals surface area contributed by atoms with Gasteiger partial charge in [-0.1, -0.05) is 72.8 Å². The fourth-order valence-corrected chi connectivity index (χ4v) is 5.90. The smallest absolute Gasteiger partial charge is 0.145 e. The molecule has 0 aliphatic carbocycles. The summed E-state index contributed by atoms with van der Waals surface area (Å²) >= 11 is 0. The second kappa shape index (κ2) is 18.3. The van der Waals surface area contributed by atoms with Gasteiger partial charge in [-0.2, -0.15) is 30.0 Å². The van der Waals surface area contributed by atoms with Crippen LogP contribution in [-0.2, 0) is 0 Å². The molecule has 0 amide bonds. The van der Waals surface area contributed by atoms with E-state index in [-0.39, 0.29) is 26.4 Å². The summed E-state index contributed by atoms with van der Waals surface area (Å²) in [5, 5.41) is 0. The maximum Gasteiger partial charge on any atom is 0.145 e. The number of hydrogen-bond donors (Lipinski definition) is 0. The summed E-state index contributed by atoms with van der Waals surface area (Å²) in [7, 11) is 0. The Morgan fingerprint density at radius 1 is 0.293 bits per heavy atom. The van der Waals surface area contributed by atoms with Crippen LogP contribution in [0.4, 0.5) is 34.1 Å². The average molecular weight is 769 g/mol. The first kappa shape index (κ1) is 37.2. The summed E-state index contributed by atoms with van der Waals surface area (Å²) in [6, 6.07) is 53.3. The lowest BCUT2D eigenvalue weighted by molar-refractivity contribution is -0.00295. The number of hydrogen-bond acceptors (Lipinski definition) is 12. The Balaban J connectivity index is 0.000000206. The normalized spacial score (nSPS) is 16.6. The Morgan fingerprint density at radius 3 is 0.741 bits per heavy atom. The molecular formula is C46H36N6O6. The van der Waals surface area contributed by atoms with E-state index in [4.69, 9.17) is 28.4 Å². The molecule has 12 nitrogen and oxygen atoms in total. The number of rotatable bonds is 0. The number of fused-ring (bicyclic) bond motifs is 6. The summed E-state index contributed by atoms with van der Waals surface area (Å²) in [4.78, 5) is 26.0. The summed E-state index contributed by atoms with van der Waals surface area (Å²) in [6.45, 7) is 1.79. The van der Waals surface area contributed by atoms with Gasteiger partial charge in [0.1, 0.15) is 132 Å². The molecule has 9 rings (SSSR count). The van der Waals surface area contributed by atoms with Gasteiger partial charge in [-0.3, -0.25) is 0 Å². The van der Waals surface area contributed by atoms with Gasteiger partial charge in [0.05, 0.1) is 0 Å². The Hall–Kier alpha value is -7.74. The molecule has 0 aromatic heterocycles. The van der Waals surface area contributed by atoms with Crippen LogP contribution in [0, 0.1) is 5.41 Å². The van der Waals surface area contributed by atoms with Gasteiger partial charge in [0.15, 0.2) is 0 Å². The van der Waals surface area contributed by atoms with Gasteiger partial charge in [0.25, 0.3) is 0 Å². The maximum atomic E-state index is 6.37. The van der Waals surface area contributed by atoms with Crippen LogP contribution in [0.15, 0.2) is 176 Å². The van der Waals surface area contributed by atoms with E-state index in [1.54, 1.807) is 0 Å². The zero-order valence-electron chi connectivity index (χ0n) is 31.2. The summed E-state index contributed by atoms with van der Waals surface area (Å²) in [5.41, 5.74) is 3.12. The molecule has 6 aromatic rings. The lowest BCUT2D eigenvalue weighted by atomic mass is 9.92. The van der Waals surface area contributed by atoms with E-state index in [2.05, 4.69) is 48.0 Å². The first-order valence-corrected chi connectivity index (χ1v) is 18.5. The molecule has 0 saturated carbocycles. The standard InChI is InChI=1S/C31H24N4O4.C15H12N2O2/c1-5-13-27-23(9-1)32-21-33-24-10-2-6-14-28(24)37-18-31(17-36-27)19-38-29-15-7-3-11-25(29)34-22-35-26-12-4-8-16-30(26)39-20-31;1-3-7-14-12(5-1)16-11-17-13-6-2-4-8-15(13)19-10-9-18-14/h1-16H,17-20H2;1-8H,9-10H2. The molecule has 58 heavy (non-hydrogen) atoms. The van der Waals surface area contributed by atoms with Crippen molar-refractivity contribution in [2.45, 2.75) is 0 Å². The molecule has 0 bridgehead atoms. The second-order valence-corrected chi connectivity index (χ2v) is 13.1. The van der Waals surface area contributed by atoms with E-state index in [1.165, 1.54) is 0 Å². The van der Waals surface area contributed by atoms with Crippen molar-refractivity contribution >= 4 is 52.1 Å². The van der Waals surface area contributed by atoms with Crippen LogP contribution in [-0.4, -0.2) is 57.7 Å². The third-order valence-corrected chi connectivity index (χ3v) is 8.95. The van der Waals surface area contributed by atoms with Gasteiger partial charge >= 0.3 is 0 Å². The van der Waals surface area contributed by atoms with Gasteiger partial charge in [0, 0.05) is 0 Å². The number of ether oxygens (including phenoxy) is 6. The van der Waals surface area contributed by atoms with E-state index < -0.39 is 5.41 Å². The minimum absolute atomic E-state index is 0.218. The quantitative estimate of drug-likeness (QED) is 0.151. The van der Waals surface area contributed by atoms with Crippen molar-refractivity contribution in [2.24, 2.45) is 35.4 Å². The van der Waals surface area contributed by atoms with Crippen LogP contribution in [0.25, 0.3) is 0 Å². The molecule has 0 saturated heterocycles. The molecule has 0 fully saturated rings. The molecule has 3 aliphatic rings. The van der Waals surface area contributed by atoms with Crippen LogP contribution >= 0.6 is 0 Å². The van der Waals surface area contributed by atoms with Crippen molar-refractivity contribution in [1.82, 2.24) is 0 Å². The van der Waals surface area contributed by atoms with Gasteiger partial charge < -0.3 is 28.4 Å². The molecule has 6 aromatic carbocycles. The second-order valence-electron chi connectivity index (χ2n) is 13.1. The topological polar surface area (TPSA) is 130 Å². The Bertz CT molecular complexity index is 2300. The Labute approximate surface area is 334 Å². The van der Waals surface area contributed by atoms with E-state index >= 15 is 0 Å². The van der Waals surface area contributed by atoms with Gasteiger partial charge in [-0.05, 0) is 72.8 Å². The minimum Gasteiger partial charge on any atom is -0.490 e. The molecule has 1 spiro atoms. The van der Waals surface area contributed by atoms with Gasteiger partial charge in [-0.25, -0.2) is 0 Å². The number of para-hydroxylation sites is 12. The third kappa shape index (κ3) is 9.37. The predicted octanol–water partition coefficient (Wildman–Crippen LogP) is 10.8. The van der Waals surface area contributed by atoms with Gasteiger partial charge in [0.2, 0.25) is 0 Å². The average Bonchev–Trinajstić information content (AvgIpc) is 3.30. The van der Waals surface area contributed by atoms with E-state index in [0.717, 1.165) is 0 Å². The fourth-order valence-electron chi connectivity index (χ4n) is 5.90. The Morgan fingerprint density at radius 2 is 0.500 bits per heavy atom. The third-order valence-electron chi connectivity index (χ3n) is 8.95. The van der Waals surface area contributed by atoms with Crippen LogP contribution in [0.3, 0.4) is 0 Å². The van der Waals surface area contributed by atoms with E-state index in [1.807, 2.05) is 146 Å². The molecule has 0 atom stereocenters. The molecule has 0 radical (unpaired) electrons. The zero-order chi connectivity index (χ0) is 39.2. The van der Waals surface area contributed by atoms with E-state index in [9.17, 15) is 0 Å². The van der Waals surface area contributed by atoms with Crippen molar-refractivity contribution in [1.29, 1.82) is 0 Å². The highest BCUT2D eigenvalue weighted by molar-refractivity contribution is 5.67.